The molecule has 1 aromatic heterocycles. The summed E-state index contributed by atoms with van der Waals surface area (Å²) in [5.41, 5.74) is 0.736. The van der Waals surface area contributed by atoms with Gasteiger partial charge in [-0.2, -0.15) is 0 Å². The van der Waals surface area contributed by atoms with E-state index in [4.69, 9.17) is 9.47 Å². The number of nitrogens with zero attached hydrogens (tertiary/aromatic N) is 1. The normalized spacial score (nSPS) is 20.9. The number of ether oxygens (including phenoxy) is 2. The Bertz CT molecular complexity index is 831. The van der Waals surface area contributed by atoms with Gasteiger partial charge in [-0.15, -0.1) is 0 Å². The van der Waals surface area contributed by atoms with Crippen LogP contribution in [0.25, 0.3) is 0 Å². The lowest BCUT2D eigenvalue weighted by Gasteiger charge is -2.38. The van der Waals surface area contributed by atoms with Crippen molar-refractivity contribution in [2.45, 2.75) is 29.9 Å². The Hall–Kier alpha value is -2.16. The van der Waals surface area contributed by atoms with Gasteiger partial charge in [-0.3, -0.25) is 0 Å². The third-order valence-corrected chi connectivity index (χ3v) is 6.06. The minimum Gasteiger partial charge on any atom is -0.497 e. The standard InChI is InChI=1S/C18H22N2O5S/c1-24-15-4-6-16(7-5-15)26(22,23)20-18(13-9-14(21)10-13)12-3-8-17(25-2)19-11-12/h3-8,11,13-14,18,20-21H,9-10H2,1-2H3. The van der Waals surface area contributed by atoms with Gasteiger partial charge in [-0.05, 0) is 48.6 Å². The van der Waals surface area contributed by atoms with Crippen molar-refractivity contribution in [2.75, 3.05) is 14.2 Å². The van der Waals surface area contributed by atoms with Crippen LogP contribution < -0.4 is 14.2 Å². The fraction of sp³-hybridized carbons (Fsp3) is 0.389. The molecule has 3 rings (SSSR count). The highest BCUT2D eigenvalue weighted by molar-refractivity contribution is 7.89. The fourth-order valence-electron chi connectivity index (χ4n) is 3.03. The maximum atomic E-state index is 12.8. The third-order valence-electron chi connectivity index (χ3n) is 4.60. The second kappa shape index (κ2) is 7.61. The Morgan fingerprint density at radius 2 is 1.81 bits per heavy atom. The highest BCUT2D eigenvalue weighted by Crippen LogP contribution is 2.39. The van der Waals surface area contributed by atoms with Crippen LogP contribution in [-0.4, -0.2) is 38.8 Å². The second-order valence-electron chi connectivity index (χ2n) is 6.29. The maximum absolute atomic E-state index is 12.8. The molecule has 0 amide bonds. The zero-order chi connectivity index (χ0) is 18.7. The molecule has 8 heteroatoms. The fourth-order valence-corrected chi connectivity index (χ4v) is 4.32. The van der Waals surface area contributed by atoms with Crippen molar-refractivity contribution in [1.29, 1.82) is 0 Å². The number of hydrogen-bond donors (Lipinski definition) is 2. The van der Waals surface area contributed by atoms with E-state index in [0.717, 1.165) is 5.56 Å². The molecule has 1 saturated carbocycles. The molecule has 26 heavy (non-hydrogen) atoms. The average molecular weight is 378 g/mol. The van der Waals surface area contributed by atoms with Gasteiger partial charge in [0.15, 0.2) is 0 Å². The van der Waals surface area contributed by atoms with E-state index < -0.39 is 16.1 Å². The van der Waals surface area contributed by atoms with Crippen LogP contribution in [0.5, 0.6) is 11.6 Å². The minimum absolute atomic E-state index is 0.00761. The van der Waals surface area contributed by atoms with Gasteiger partial charge in [0, 0.05) is 12.3 Å². The zero-order valence-electron chi connectivity index (χ0n) is 14.6. The van der Waals surface area contributed by atoms with E-state index in [2.05, 4.69) is 9.71 Å². The summed E-state index contributed by atoms with van der Waals surface area (Å²) in [6.45, 7) is 0. The molecular weight excluding hydrogens is 356 g/mol. The zero-order valence-corrected chi connectivity index (χ0v) is 15.4. The molecule has 1 fully saturated rings. The molecule has 0 radical (unpaired) electrons. The summed E-state index contributed by atoms with van der Waals surface area (Å²) >= 11 is 0. The highest BCUT2D eigenvalue weighted by Gasteiger charge is 2.37. The van der Waals surface area contributed by atoms with Crippen LogP contribution in [0.3, 0.4) is 0 Å². The van der Waals surface area contributed by atoms with E-state index in [0.29, 0.717) is 24.5 Å². The number of sulfonamides is 1. The monoisotopic (exact) mass is 378 g/mol. The Balaban J connectivity index is 1.86. The minimum atomic E-state index is -3.73. The third kappa shape index (κ3) is 3.98. The van der Waals surface area contributed by atoms with Gasteiger partial charge in [-0.25, -0.2) is 18.1 Å². The topological polar surface area (TPSA) is 97.8 Å². The van der Waals surface area contributed by atoms with Crippen molar-refractivity contribution >= 4 is 10.0 Å². The van der Waals surface area contributed by atoms with Gasteiger partial charge < -0.3 is 14.6 Å². The van der Waals surface area contributed by atoms with Crippen LogP contribution in [0.2, 0.25) is 0 Å². The van der Waals surface area contributed by atoms with Gasteiger partial charge in [-0.1, -0.05) is 6.07 Å². The number of aliphatic hydroxyl groups excluding tert-OH is 1. The predicted octanol–water partition coefficient (Wildman–Crippen LogP) is 1.89. The lowest BCUT2D eigenvalue weighted by molar-refractivity contribution is 0.0279. The van der Waals surface area contributed by atoms with Crippen molar-refractivity contribution in [3.8, 4) is 11.6 Å². The lowest BCUT2D eigenvalue weighted by Crippen LogP contribution is -2.41. The number of methoxy groups -OCH3 is 2. The van der Waals surface area contributed by atoms with E-state index >= 15 is 0 Å². The SMILES string of the molecule is COc1ccc(S(=O)(=O)NC(c2ccc(OC)nc2)C2CC(O)C2)cc1. The van der Waals surface area contributed by atoms with Crippen molar-refractivity contribution in [2.24, 2.45) is 5.92 Å². The number of aromatic nitrogens is 1. The van der Waals surface area contributed by atoms with E-state index in [1.165, 1.54) is 26.4 Å². The first kappa shape index (κ1) is 18.6. The molecule has 0 bridgehead atoms. The summed E-state index contributed by atoms with van der Waals surface area (Å²) in [5.74, 6) is 1.05. The molecule has 1 aromatic carbocycles. The van der Waals surface area contributed by atoms with Crippen LogP contribution in [0, 0.1) is 5.92 Å². The number of hydrogen-bond acceptors (Lipinski definition) is 6. The van der Waals surface area contributed by atoms with Crippen molar-refractivity contribution in [3.63, 3.8) is 0 Å². The molecule has 2 aromatic rings. The number of benzene rings is 1. The molecule has 0 saturated heterocycles. The van der Waals surface area contributed by atoms with Crippen LogP contribution in [0.15, 0.2) is 47.5 Å². The predicted molar refractivity (Wildman–Crippen MR) is 95.6 cm³/mol. The Morgan fingerprint density at radius 1 is 1.12 bits per heavy atom. The largest absolute Gasteiger partial charge is 0.497 e. The molecule has 2 N–H and O–H groups in total. The van der Waals surface area contributed by atoms with Crippen LogP contribution >= 0.6 is 0 Å². The van der Waals surface area contributed by atoms with Gasteiger partial charge in [0.25, 0.3) is 0 Å². The lowest BCUT2D eigenvalue weighted by atomic mass is 9.76. The van der Waals surface area contributed by atoms with Gasteiger partial charge in [0.05, 0.1) is 31.3 Å². The Kier molecular flexibility index (Phi) is 5.45. The number of aliphatic hydroxyl groups is 1. The van der Waals surface area contributed by atoms with Crippen molar-refractivity contribution in [3.05, 3.63) is 48.2 Å². The van der Waals surface area contributed by atoms with Crippen LogP contribution in [0.4, 0.5) is 0 Å². The molecule has 1 atom stereocenters. The molecule has 1 aliphatic rings. The molecule has 1 heterocycles. The van der Waals surface area contributed by atoms with Crippen molar-refractivity contribution in [1.82, 2.24) is 9.71 Å². The van der Waals surface area contributed by atoms with Crippen molar-refractivity contribution < 1.29 is 23.0 Å². The second-order valence-corrected chi connectivity index (χ2v) is 8.01. The Morgan fingerprint density at radius 3 is 2.31 bits per heavy atom. The molecule has 0 aliphatic heterocycles. The molecule has 1 aliphatic carbocycles. The van der Waals surface area contributed by atoms with Crippen LogP contribution in [-0.2, 0) is 10.0 Å². The van der Waals surface area contributed by atoms with Crippen LogP contribution in [0.1, 0.15) is 24.4 Å². The summed E-state index contributed by atoms with van der Waals surface area (Å²) in [6.07, 6.45) is 2.30. The summed E-state index contributed by atoms with van der Waals surface area (Å²) in [4.78, 5) is 4.32. The number of nitrogens with one attached hydrogen (secondary N) is 1. The first-order chi connectivity index (χ1) is 12.4. The summed E-state index contributed by atoms with van der Waals surface area (Å²) in [5, 5.41) is 9.64. The van der Waals surface area contributed by atoms with E-state index in [1.807, 2.05) is 0 Å². The first-order valence-electron chi connectivity index (χ1n) is 8.27. The molecular formula is C18H22N2O5S. The van der Waals surface area contributed by atoms with E-state index in [9.17, 15) is 13.5 Å². The van der Waals surface area contributed by atoms with E-state index in [1.54, 1.807) is 30.5 Å². The maximum Gasteiger partial charge on any atom is 0.241 e. The quantitative estimate of drug-likeness (QED) is 0.764. The van der Waals surface area contributed by atoms with Gasteiger partial charge in [0.2, 0.25) is 15.9 Å². The molecule has 7 nitrogen and oxygen atoms in total. The smallest absolute Gasteiger partial charge is 0.241 e. The highest BCUT2D eigenvalue weighted by atomic mass is 32.2. The van der Waals surface area contributed by atoms with E-state index in [-0.39, 0.29) is 16.9 Å². The molecule has 1 unspecified atom stereocenters. The van der Waals surface area contributed by atoms with Gasteiger partial charge in [0.1, 0.15) is 5.75 Å². The summed E-state index contributed by atoms with van der Waals surface area (Å²) < 4.78 is 38.5. The summed E-state index contributed by atoms with van der Waals surface area (Å²) in [7, 11) is -0.687. The Labute approximate surface area is 153 Å². The number of rotatable bonds is 7. The first-order valence-corrected chi connectivity index (χ1v) is 9.75. The average Bonchev–Trinajstić information content (AvgIpc) is 2.64. The molecule has 0 spiro atoms. The summed E-state index contributed by atoms with van der Waals surface area (Å²) in [6, 6.07) is 9.22. The van der Waals surface area contributed by atoms with Gasteiger partial charge >= 0.3 is 0 Å². The molecule has 140 valence electrons. The number of pyridine rings is 1.